The maximum Gasteiger partial charge on any atom is 0.350 e. The first-order valence-corrected chi connectivity index (χ1v) is 9.50. The summed E-state index contributed by atoms with van der Waals surface area (Å²) in [4.78, 5) is 19.5. The number of aromatic amines is 1. The molecule has 0 aliphatic carbocycles. The first-order chi connectivity index (χ1) is 13.0. The minimum absolute atomic E-state index is 0.249. The highest BCUT2D eigenvalue weighted by Crippen LogP contribution is 2.28. The van der Waals surface area contributed by atoms with Crippen LogP contribution in [-0.2, 0) is 5.75 Å². The Morgan fingerprint density at radius 3 is 2.74 bits per heavy atom. The zero-order chi connectivity index (χ0) is 19.0. The molecule has 27 heavy (non-hydrogen) atoms. The number of rotatable bonds is 4. The molecule has 136 valence electrons. The molecular weight excluding hydrogens is 387 g/mol. The molecule has 4 rings (SSSR count). The van der Waals surface area contributed by atoms with Crippen molar-refractivity contribution in [2.75, 3.05) is 0 Å². The second kappa shape index (κ2) is 7.17. The summed E-state index contributed by atoms with van der Waals surface area (Å²) in [6.07, 6.45) is 1.62. The Morgan fingerprint density at radius 1 is 1.22 bits per heavy atom. The number of nitrogens with zero attached hydrogens (tertiary/aromatic N) is 3. The van der Waals surface area contributed by atoms with Gasteiger partial charge in [-0.15, -0.1) is 0 Å². The van der Waals surface area contributed by atoms with Crippen LogP contribution in [0.4, 0.5) is 4.39 Å². The third-order valence-electron chi connectivity index (χ3n) is 4.13. The summed E-state index contributed by atoms with van der Waals surface area (Å²) >= 11 is 7.27. The van der Waals surface area contributed by atoms with Crippen molar-refractivity contribution in [3.8, 4) is 11.1 Å². The normalized spacial score (nSPS) is 11.2. The van der Waals surface area contributed by atoms with Crippen molar-refractivity contribution in [3.63, 3.8) is 0 Å². The number of halogens is 2. The van der Waals surface area contributed by atoms with E-state index in [-0.39, 0.29) is 11.6 Å². The number of benzene rings is 2. The van der Waals surface area contributed by atoms with Gasteiger partial charge in [0.15, 0.2) is 10.8 Å². The number of fused-ring (bicyclic) bond motifs is 1. The maximum atomic E-state index is 13.9. The molecule has 0 saturated heterocycles. The quantitative estimate of drug-likeness (QED) is 0.513. The molecular formula is C19H14ClFN4OS. The van der Waals surface area contributed by atoms with Gasteiger partial charge in [0.25, 0.3) is 0 Å². The molecule has 0 saturated carbocycles. The molecule has 0 fully saturated rings. The van der Waals surface area contributed by atoms with E-state index >= 15 is 0 Å². The van der Waals surface area contributed by atoms with Crippen LogP contribution in [0.5, 0.6) is 0 Å². The van der Waals surface area contributed by atoms with Gasteiger partial charge in [-0.25, -0.2) is 14.2 Å². The number of aryl methyl sites for hydroxylation is 1. The highest BCUT2D eigenvalue weighted by atomic mass is 35.5. The SMILES string of the molecule is Cc1ccc(-c2cnn3c(=O)[nH]c(SCc4c(F)cccc4Cl)nc23)cc1. The van der Waals surface area contributed by atoms with Gasteiger partial charge in [0.2, 0.25) is 0 Å². The Morgan fingerprint density at radius 2 is 2.00 bits per heavy atom. The molecule has 0 radical (unpaired) electrons. The number of nitrogens with one attached hydrogen (secondary N) is 1. The lowest BCUT2D eigenvalue weighted by molar-refractivity contribution is 0.617. The van der Waals surface area contributed by atoms with Crippen LogP contribution in [0.25, 0.3) is 16.8 Å². The summed E-state index contributed by atoms with van der Waals surface area (Å²) in [5.74, 6) is -0.137. The van der Waals surface area contributed by atoms with Crippen molar-refractivity contribution in [2.24, 2.45) is 0 Å². The molecule has 2 aromatic heterocycles. The topological polar surface area (TPSA) is 63.1 Å². The van der Waals surface area contributed by atoms with Gasteiger partial charge in [-0.3, -0.25) is 4.98 Å². The maximum absolute atomic E-state index is 13.9. The van der Waals surface area contributed by atoms with Gasteiger partial charge < -0.3 is 0 Å². The molecule has 0 spiro atoms. The molecule has 0 unspecified atom stereocenters. The van der Waals surface area contributed by atoms with E-state index in [9.17, 15) is 9.18 Å². The van der Waals surface area contributed by atoms with Crippen LogP contribution in [-0.4, -0.2) is 19.6 Å². The van der Waals surface area contributed by atoms with Gasteiger partial charge in [-0.2, -0.15) is 9.61 Å². The Balaban J connectivity index is 1.71. The molecule has 4 aromatic rings. The standard InChI is InChI=1S/C19H14ClFN4OS/c1-11-5-7-12(8-6-11)13-9-22-25-17(13)23-18(24-19(25)26)27-10-14-15(20)3-2-4-16(14)21/h2-9H,10H2,1H3,(H,23,24,26). The van der Waals surface area contributed by atoms with E-state index in [1.165, 1.54) is 22.3 Å². The van der Waals surface area contributed by atoms with Gasteiger partial charge in [-0.1, -0.05) is 59.3 Å². The van der Waals surface area contributed by atoms with E-state index < -0.39 is 5.69 Å². The smallest absolute Gasteiger partial charge is 0.285 e. The summed E-state index contributed by atoms with van der Waals surface area (Å²) in [6, 6.07) is 12.4. The summed E-state index contributed by atoms with van der Waals surface area (Å²) in [5, 5.41) is 4.84. The molecule has 0 aliphatic rings. The van der Waals surface area contributed by atoms with Gasteiger partial charge in [0.05, 0.1) is 6.20 Å². The van der Waals surface area contributed by atoms with Crippen LogP contribution in [0.2, 0.25) is 5.02 Å². The van der Waals surface area contributed by atoms with E-state index in [1.807, 2.05) is 31.2 Å². The Labute approximate surface area is 163 Å². The summed E-state index contributed by atoms with van der Waals surface area (Å²) in [5.41, 5.74) is 3.23. The monoisotopic (exact) mass is 400 g/mol. The molecule has 0 amide bonds. The number of H-pyrrole nitrogens is 1. The van der Waals surface area contributed by atoms with E-state index in [1.54, 1.807) is 18.3 Å². The minimum Gasteiger partial charge on any atom is -0.285 e. The van der Waals surface area contributed by atoms with Crippen LogP contribution >= 0.6 is 23.4 Å². The van der Waals surface area contributed by atoms with Crippen molar-refractivity contribution < 1.29 is 4.39 Å². The Hall–Kier alpha value is -2.64. The molecule has 0 aliphatic heterocycles. The first-order valence-electron chi connectivity index (χ1n) is 8.14. The minimum atomic E-state index is -0.402. The van der Waals surface area contributed by atoms with Crippen molar-refractivity contribution in [2.45, 2.75) is 17.8 Å². The second-order valence-electron chi connectivity index (χ2n) is 6.00. The van der Waals surface area contributed by atoms with Gasteiger partial charge in [-0.05, 0) is 24.6 Å². The fraction of sp³-hybridized carbons (Fsp3) is 0.105. The lowest BCUT2D eigenvalue weighted by Gasteiger charge is -2.06. The Bertz CT molecular complexity index is 1170. The van der Waals surface area contributed by atoms with Gasteiger partial charge >= 0.3 is 5.69 Å². The van der Waals surface area contributed by atoms with Crippen LogP contribution in [0.1, 0.15) is 11.1 Å². The van der Waals surface area contributed by atoms with Crippen LogP contribution < -0.4 is 5.69 Å². The molecule has 8 heteroatoms. The Kier molecular flexibility index (Phi) is 4.72. The number of hydrogen-bond donors (Lipinski definition) is 1. The lowest BCUT2D eigenvalue weighted by atomic mass is 10.1. The zero-order valence-electron chi connectivity index (χ0n) is 14.2. The molecule has 2 aromatic carbocycles. The fourth-order valence-electron chi connectivity index (χ4n) is 2.68. The van der Waals surface area contributed by atoms with Crippen molar-refractivity contribution in [1.29, 1.82) is 0 Å². The van der Waals surface area contributed by atoms with Gasteiger partial charge in [0.1, 0.15) is 5.82 Å². The first kappa shape index (κ1) is 17.8. The number of hydrogen-bond acceptors (Lipinski definition) is 4. The van der Waals surface area contributed by atoms with Crippen LogP contribution in [0.3, 0.4) is 0 Å². The fourth-order valence-corrected chi connectivity index (χ4v) is 3.88. The second-order valence-corrected chi connectivity index (χ2v) is 7.37. The third-order valence-corrected chi connectivity index (χ3v) is 5.39. The van der Waals surface area contributed by atoms with Crippen molar-refractivity contribution in [3.05, 3.63) is 81.1 Å². The van der Waals surface area contributed by atoms with Crippen LogP contribution in [0, 0.1) is 12.7 Å². The average molecular weight is 401 g/mol. The molecule has 1 N–H and O–H groups in total. The van der Waals surface area contributed by atoms with Crippen molar-refractivity contribution in [1.82, 2.24) is 19.6 Å². The van der Waals surface area contributed by atoms with E-state index in [4.69, 9.17) is 11.6 Å². The molecule has 5 nitrogen and oxygen atoms in total. The summed E-state index contributed by atoms with van der Waals surface area (Å²) < 4.78 is 15.2. The average Bonchev–Trinajstić information content (AvgIpc) is 3.06. The third kappa shape index (κ3) is 3.48. The van der Waals surface area contributed by atoms with E-state index in [0.29, 0.717) is 21.4 Å². The predicted octanol–water partition coefficient (Wildman–Crippen LogP) is 4.48. The van der Waals surface area contributed by atoms with Crippen LogP contribution in [0.15, 0.2) is 58.6 Å². The molecule has 2 heterocycles. The summed E-state index contributed by atoms with van der Waals surface area (Å²) in [7, 11) is 0. The molecule has 0 atom stereocenters. The lowest BCUT2D eigenvalue weighted by Crippen LogP contribution is -2.19. The zero-order valence-corrected chi connectivity index (χ0v) is 15.8. The largest absolute Gasteiger partial charge is 0.350 e. The summed E-state index contributed by atoms with van der Waals surface area (Å²) in [6.45, 7) is 2.01. The molecule has 0 bridgehead atoms. The van der Waals surface area contributed by atoms with E-state index in [0.717, 1.165) is 16.7 Å². The van der Waals surface area contributed by atoms with Gasteiger partial charge in [0, 0.05) is 21.9 Å². The highest BCUT2D eigenvalue weighted by Gasteiger charge is 2.14. The predicted molar refractivity (Wildman–Crippen MR) is 105 cm³/mol. The van der Waals surface area contributed by atoms with Crippen molar-refractivity contribution >= 4 is 29.0 Å². The number of thioether (sulfide) groups is 1. The van der Waals surface area contributed by atoms with E-state index in [2.05, 4.69) is 15.1 Å². The number of aromatic nitrogens is 4. The highest BCUT2D eigenvalue weighted by molar-refractivity contribution is 7.98.